The average Bonchev–Trinajstić information content (AvgIpc) is 3.20. The van der Waals surface area contributed by atoms with Crippen LogP contribution in [0.25, 0.3) is 0 Å². The van der Waals surface area contributed by atoms with Crippen LogP contribution in [0, 0.1) is 6.92 Å². The Hall–Kier alpha value is -1.54. The maximum absolute atomic E-state index is 12.6. The van der Waals surface area contributed by atoms with Crippen LogP contribution in [0.15, 0.2) is 33.6 Å². The number of carbonyl (C=O) groups excluding carboxylic acids is 1. The molecule has 2 heterocycles. The van der Waals surface area contributed by atoms with Gasteiger partial charge in [-0.1, -0.05) is 23.2 Å². The van der Waals surface area contributed by atoms with E-state index in [9.17, 15) is 13.2 Å². The number of rotatable bonds is 4. The van der Waals surface area contributed by atoms with E-state index in [1.807, 2.05) is 0 Å². The number of aryl methyl sites for hydroxylation is 1. The van der Waals surface area contributed by atoms with E-state index in [-0.39, 0.29) is 27.2 Å². The fourth-order valence-corrected chi connectivity index (χ4v) is 4.72. The summed E-state index contributed by atoms with van der Waals surface area (Å²) in [5.74, 6) is -0.799. The number of halogens is 2. The van der Waals surface area contributed by atoms with Gasteiger partial charge in [0.1, 0.15) is 16.4 Å². The Morgan fingerprint density at radius 3 is 2.52 bits per heavy atom. The summed E-state index contributed by atoms with van der Waals surface area (Å²) in [6.07, 6.45) is 1.64. The van der Waals surface area contributed by atoms with Crippen LogP contribution in [0.4, 0.5) is 0 Å². The van der Waals surface area contributed by atoms with E-state index in [0.717, 1.165) is 12.8 Å². The van der Waals surface area contributed by atoms with Gasteiger partial charge in [-0.25, -0.2) is 13.2 Å². The Morgan fingerprint density at radius 1 is 1.20 bits per heavy atom. The average molecular weight is 404 g/mol. The second-order valence-electron chi connectivity index (χ2n) is 5.61. The lowest BCUT2D eigenvalue weighted by molar-refractivity contribution is 0.0700. The van der Waals surface area contributed by atoms with Crippen LogP contribution >= 0.6 is 23.2 Å². The molecule has 1 aromatic carbocycles. The van der Waals surface area contributed by atoms with Gasteiger partial charge in [0, 0.05) is 24.2 Å². The molecule has 2 aromatic rings. The van der Waals surface area contributed by atoms with Gasteiger partial charge in [0.05, 0.1) is 5.02 Å². The molecule has 1 saturated heterocycles. The number of hydrogen-bond donors (Lipinski definition) is 0. The highest BCUT2D eigenvalue weighted by molar-refractivity contribution is 7.89. The molecule has 6 nitrogen and oxygen atoms in total. The van der Waals surface area contributed by atoms with Crippen LogP contribution < -0.4 is 4.74 Å². The minimum absolute atomic E-state index is 0.0245. The van der Waals surface area contributed by atoms with Crippen molar-refractivity contribution in [3.63, 3.8) is 0 Å². The molecule has 1 aliphatic heterocycles. The molecule has 0 N–H and O–H groups in total. The van der Waals surface area contributed by atoms with Crippen LogP contribution in [0.2, 0.25) is 10.0 Å². The second-order valence-corrected chi connectivity index (χ2v) is 8.36. The fraction of sp³-hybridized carbons (Fsp3) is 0.312. The van der Waals surface area contributed by atoms with Gasteiger partial charge in [-0.3, -0.25) is 0 Å². The number of esters is 1. The number of benzene rings is 1. The highest BCUT2D eigenvalue weighted by atomic mass is 35.5. The third-order valence-corrected chi connectivity index (χ3v) is 6.39. The zero-order valence-electron chi connectivity index (χ0n) is 13.3. The lowest BCUT2D eigenvalue weighted by atomic mass is 10.3. The Bertz CT molecular complexity index is 917. The first kappa shape index (κ1) is 18.3. The number of nitrogens with zero attached hydrogens (tertiary/aromatic N) is 1. The molecule has 0 bridgehead atoms. The normalized spacial score (nSPS) is 15.5. The van der Waals surface area contributed by atoms with Gasteiger partial charge < -0.3 is 9.15 Å². The van der Waals surface area contributed by atoms with E-state index in [0.29, 0.717) is 18.1 Å². The van der Waals surface area contributed by atoms with Gasteiger partial charge in [0.25, 0.3) is 0 Å². The minimum atomic E-state index is -3.68. The van der Waals surface area contributed by atoms with Gasteiger partial charge in [-0.2, -0.15) is 4.31 Å². The van der Waals surface area contributed by atoms with Gasteiger partial charge in [0.2, 0.25) is 15.8 Å². The van der Waals surface area contributed by atoms with Crippen molar-refractivity contribution >= 4 is 39.2 Å². The lowest BCUT2D eigenvalue weighted by Gasteiger charge is -2.14. The molecule has 0 unspecified atom stereocenters. The van der Waals surface area contributed by atoms with Gasteiger partial charge in [-0.15, -0.1) is 0 Å². The molecule has 0 radical (unpaired) electrons. The van der Waals surface area contributed by atoms with Crippen molar-refractivity contribution in [1.82, 2.24) is 4.31 Å². The summed E-state index contributed by atoms with van der Waals surface area (Å²) in [6.45, 7) is 2.43. The monoisotopic (exact) mass is 403 g/mol. The molecule has 134 valence electrons. The van der Waals surface area contributed by atoms with Gasteiger partial charge in [-0.05, 0) is 38.0 Å². The zero-order valence-corrected chi connectivity index (χ0v) is 15.6. The Morgan fingerprint density at radius 2 is 1.88 bits per heavy atom. The summed E-state index contributed by atoms with van der Waals surface area (Å²) in [7, 11) is -3.68. The predicted molar refractivity (Wildman–Crippen MR) is 92.9 cm³/mol. The number of ether oxygens (including phenoxy) is 1. The first-order valence-corrected chi connectivity index (χ1v) is 9.76. The summed E-state index contributed by atoms with van der Waals surface area (Å²) in [5, 5.41) is 0.562. The summed E-state index contributed by atoms with van der Waals surface area (Å²) in [6, 6.07) is 5.59. The van der Waals surface area contributed by atoms with E-state index in [1.54, 1.807) is 0 Å². The van der Waals surface area contributed by atoms with E-state index >= 15 is 0 Å². The number of carbonyl (C=O) groups is 1. The van der Waals surface area contributed by atoms with E-state index in [4.69, 9.17) is 32.4 Å². The quantitative estimate of drug-likeness (QED) is 0.571. The predicted octanol–water partition coefficient (Wildman–Crippen LogP) is 3.90. The molecule has 1 aromatic heterocycles. The number of furan rings is 1. The molecule has 0 atom stereocenters. The van der Waals surface area contributed by atoms with Crippen molar-refractivity contribution < 1.29 is 22.4 Å². The van der Waals surface area contributed by atoms with Crippen LogP contribution in [0.1, 0.15) is 29.2 Å². The zero-order chi connectivity index (χ0) is 18.2. The first-order valence-electron chi connectivity index (χ1n) is 7.57. The number of sulfonamides is 1. The fourth-order valence-electron chi connectivity index (χ4n) is 2.60. The SMILES string of the molecule is Cc1oc(C(=O)Oc2ccc(Cl)cc2Cl)cc1S(=O)(=O)N1CCCC1. The van der Waals surface area contributed by atoms with Crippen molar-refractivity contribution in [1.29, 1.82) is 0 Å². The lowest BCUT2D eigenvalue weighted by Crippen LogP contribution is -2.28. The molecule has 0 saturated carbocycles. The van der Waals surface area contributed by atoms with Gasteiger partial charge >= 0.3 is 5.97 Å². The van der Waals surface area contributed by atoms with Crippen molar-refractivity contribution in [3.05, 3.63) is 45.8 Å². The Kier molecular flexibility index (Phi) is 5.11. The van der Waals surface area contributed by atoms with Crippen molar-refractivity contribution in [2.75, 3.05) is 13.1 Å². The first-order chi connectivity index (χ1) is 11.8. The largest absolute Gasteiger partial charge is 0.453 e. The third-order valence-electron chi connectivity index (χ3n) is 3.85. The van der Waals surface area contributed by atoms with E-state index in [2.05, 4.69) is 0 Å². The molecule has 3 rings (SSSR count). The second kappa shape index (κ2) is 6.99. The maximum Gasteiger partial charge on any atom is 0.379 e. The van der Waals surface area contributed by atoms with Crippen LogP contribution in [-0.2, 0) is 10.0 Å². The molecular formula is C16H15Cl2NO5S. The third kappa shape index (κ3) is 3.69. The smallest absolute Gasteiger partial charge is 0.379 e. The summed E-state index contributed by atoms with van der Waals surface area (Å²) >= 11 is 11.8. The molecule has 0 aliphatic carbocycles. The molecule has 0 spiro atoms. The molecule has 9 heteroatoms. The summed E-state index contributed by atoms with van der Waals surface area (Å²) in [5.41, 5.74) is 0. The van der Waals surface area contributed by atoms with Crippen molar-refractivity contribution in [2.24, 2.45) is 0 Å². The Balaban J connectivity index is 1.85. The summed E-state index contributed by atoms with van der Waals surface area (Å²) < 4.78 is 37.1. The van der Waals surface area contributed by atoms with Crippen molar-refractivity contribution in [2.45, 2.75) is 24.7 Å². The highest BCUT2D eigenvalue weighted by Crippen LogP contribution is 2.30. The van der Waals surface area contributed by atoms with Gasteiger partial charge in [0.15, 0.2) is 0 Å². The molecule has 1 fully saturated rings. The molecule has 25 heavy (non-hydrogen) atoms. The standard InChI is InChI=1S/C16H15Cl2NO5S/c1-10-15(25(21,22)19-6-2-3-7-19)9-14(23-10)16(20)24-13-5-4-11(17)8-12(13)18/h4-5,8-9H,2-3,6-7H2,1H3. The van der Waals surface area contributed by atoms with Crippen LogP contribution in [0.5, 0.6) is 5.75 Å². The van der Waals surface area contributed by atoms with Crippen LogP contribution in [-0.4, -0.2) is 31.8 Å². The maximum atomic E-state index is 12.6. The van der Waals surface area contributed by atoms with Crippen molar-refractivity contribution in [3.8, 4) is 5.75 Å². The summed E-state index contributed by atoms with van der Waals surface area (Å²) in [4.78, 5) is 12.2. The molecule has 1 aliphatic rings. The Labute approximate surface area is 155 Å². The molecule has 0 amide bonds. The highest BCUT2D eigenvalue weighted by Gasteiger charge is 2.32. The minimum Gasteiger partial charge on any atom is -0.453 e. The number of hydrogen-bond acceptors (Lipinski definition) is 5. The van der Waals surface area contributed by atoms with Crippen LogP contribution in [0.3, 0.4) is 0 Å². The van der Waals surface area contributed by atoms with E-state index in [1.165, 1.54) is 35.5 Å². The topological polar surface area (TPSA) is 76.8 Å². The molecular weight excluding hydrogens is 389 g/mol. The van der Waals surface area contributed by atoms with E-state index < -0.39 is 16.0 Å².